The number of hydrogen-bond acceptors (Lipinski definition) is 9. The number of amides is 4. The Morgan fingerprint density at radius 3 is 2.36 bits per heavy atom. The summed E-state index contributed by atoms with van der Waals surface area (Å²) >= 11 is 6.18. The number of carbonyl (C=O) groups excluding carboxylic acids is 4. The molecule has 4 amide bonds. The van der Waals surface area contributed by atoms with Crippen LogP contribution >= 0.6 is 11.6 Å². The number of carbonyl (C=O) groups is 4. The van der Waals surface area contributed by atoms with Gasteiger partial charge in [-0.1, -0.05) is 60.9 Å². The summed E-state index contributed by atoms with van der Waals surface area (Å²) in [4.78, 5) is 72.0. The minimum atomic E-state index is -3.96. The van der Waals surface area contributed by atoms with Crippen LogP contribution in [0.25, 0.3) is 22.4 Å². The van der Waals surface area contributed by atoms with Gasteiger partial charge >= 0.3 is 6.09 Å². The Morgan fingerprint density at radius 1 is 0.983 bits per heavy atom. The third-order valence-corrected chi connectivity index (χ3v) is 13.2. The number of benzene rings is 2. The highest BCUT2D eigenvalue weighted by Crippen LogP contribution is 2.46. The number of hydrogen-bond donors (Lipinski definition) is 3. The third kappa shape index (κ3) is 9.54. The van der Waals surface area contributed by atoms with Crippen molar-refractivity contribution < 1.29 is 36.7 Å². The zero-order valence-electron chi connectivity index (χ0n) is 33.1. The molecule has 59 heavy (non-hydrogen) atoms. The molecular formula is C42H48ClFN6O8S. The van der Waals surface area contributed by atoms with Gasteiger partial charge in [0.1, 0.15) is 29.0 Å². The zero-order valence-corrected chi connectivity index (χ0v) is 34.7. The predicted octanol–water partition coefficient (Wildman–Crippen LogP) is 5.41. The Morgan fingerprint density at radius 2 is 1.68 bits per heavy atom. The van der Waals surface area contributed by atoms with Crippen molar-refractivity contribution in [3.05, 3.63) is 87.9 Å². The molecule has 3 heterocycles. The highest BCUT2D eigenvalue weighted by Gasteiger charge is 2.62. The van der Waals surface area contributed by atoms with Crippen molar-refractivity contribution in [1.29, 1.82) is 0 Å². The van der Waals surface area contributed by atoms with E-state index in [0.717, 1.165) is 6.42 Å². The first kappa shape index (κ1) is 42.0. The first-order valence-electron chi connectivity index (χ1n) is 19.9. The van der Waals surface area contributed by atoms with E-state index in [-0.39, 0.29) is 31.4 Å². The van der Waals surface area contributed by atoms with Gasteiger partial charge < -0.3 is 20.3 Å². The van der Waals surface area contributed by atoms with Crippen molar-refractivity contribution in [3.8, 4) is 22.4 Å². The summed E-state index contributed by atoms with van der Waals surface area (Å²) in [6, 6.07) is 10.5. The fourth-order valence-corrected chi connectivity index (χ4v) is 9.25. The Labute approximate surface area is 346 Å². The van der Waals surface area contributed by atoms with E-state index in [0.29, 0.717) is 53.9 Å². The molecule has 14 nitrogen and oxygen atoms in total. The van der Waals surface area contributed by atoms with Crippen LogP contribution in [-0.2, 0) is 29.1 Å². The van der Waals surface area contributed by atoms with E-state index in [9.17, 15) is 36.8 Å². The van der Waals surface area contributed by atoms with Crippen LogP contribution < -0.4 is 20.9 Å². The number of rotatable bonds is 7. The molecule has 3 aromatic rings. The van der Waals surface area contributed by atoms with Crippen molar-refractivity contribution in [2.75, 3.05) is 6.54 Å². The molecule has 1 saturated heterocycles. The molecular weight excluding hydrogens is 803 g/mol. The maximum atomic E-state index is 14.7. The molecule has 7 rings (SSSR count). The van der Waals surface area contributed by atoms with Gasteiger partial charge in [-0.05, 0) is 95.2 Å². The maximum Gasteiger partial charge on any atom is 0.408 e. The average molecular weight is 851 g/mol. The van der Waals surface area contributed by atoms with Gasteiger partial charge in [0.05, 0.1) is 22.5 Å². The van der Waals surface area contributed by atoms with E-state index in [1.807, 2.05) is 12.2 Å². The van der Waals surface area contributed by atoms with Crippen LogP contribution in [0.2, 0.25) is 5.02 Å². The molecule has 17 heteroatoms. The third-order valence-electron chi connectivity index (χ3n) is 11.1. The second-order valence-electron chi connectivity index (χ2n) is 16.8. The molecule has 0 bridgehead atoms. The minimum absolute atomic E-state index is 0.130. The van der Waals surface area contributed by atoms with Crippen molar-refractivity contribution in [1.82, 2.24) is 30.0 Å². The summed E-state index contributed by atoms with van der Waals surface area (Å²) in [5, 5.41) is 10.1. The lowest BCUT2D eigenvalue weighted by molar-refractivity contribution is -0.141. The zero-order chi connectivity index (χ0) is 42.3. The van der Waals surface area contributed by atoms with Crippen molar-refractivity contribution in [3.63, 3.8) is 0 Å². The number of fused-ring (bicyclic) bond motifs is 2. The number of ether oxygens (including phenoxy) is 1. The number of aromatic nitrogens is 2. The molecule has 3 N–H and O–H groups in total. The lowest BCUT2D eigenvalue weighted by Crippen LogP contribution is -2.58. The van der Waals surface area contributed by atoms with E-state index in [4.69, 9.17) is 21.4 Å². The van der Waals surface area contributed by atoms with Crippen LogP contribution in [0.1, 0.15) is 84.6 Å². The SMILES string of the molecule is CC(C)(C)OC(=O)N[C@H]1CCCCC/C=C\[C@@H]2CC2(C(=O)NS(=O)(=O)C2CC2)NC(=O)[C@@H]2CC(n3nc(-c4ccc(Cl)cc4)cc(-c4ccc(F)cc4)c3=O)CN2C1=O. The normalized spacial score (nSPS) is 25.7. The fraction of sp³-hybridized carbons (Fsp3) is 0.476. The smallest absolute Gasteiger partial charge is 0.408 e. The van der Waals surface area contributed by atoms with Crippen molar-refractivity contribution in [2.24, 2.45) is 5.92 Å². The number of sulfonamides is 1. The van der Waals surface area contributed by atoms with Gasteiger partial charge in [0.2, 0.25) is 21.8 Å². The van der Waals surface area contributed by atoms with Crippen LogP contribution in [0.5, 0.6) is 0 Å². The highest BCUT2D eigenvalue weighted by molar-refractivity contribution is 7.91. The topological polar surface area (TPSA) is 186 Å². The Balaban J connectivity index is 1.29. The van der Waals surface area contributed by atoms with Crippen LogP contribution in [0.3, 0.4) is 0 Å². The fourth-order valence-electron chi connectivity index (χ4n) is 7.76. The molecule has 2 saturated carbocycles. The average Bonchev–Trinajstić information content (AvgIpc) is 4.10. The van der Waals surface area contributed by atoms with Gasteiger partial charge in [0.25, 0.3) is 11.5 Å². The predicted molar refractivity (Wildman–Crippen MR) is 218 cm³/mol. The molecule has 0 radical (unpaired) electrons. The van der Waals surface area contributed by atoms with E-state index >= 15 is 0 Å². The van der Waals surface area contributed by atoms with Crippen molar-refractivity contribution in [2.45, 2.75) is 113 Å². The van der Waals surface area contributed by atoms with Gasteiger partial charge in [-0.3, -0.25) is 23.9 Å². The minimum Gasteiger partial charge on any atom is -0.444 e. The molecule has 1 aromatic heterocycles. The molecule has 3 fully saturated rings. The van der Waals surface area contributed by atoms with Gasteiger partial charge in [-0.25, -0.2) is 22.3 Å². The quantitative estimate of drug-likeness (QED) is 0.262. The Kier molecular flexibility index (Phi) is 11.8. The lowest BCUT2D eigenvalue weighted by Gasteiger charge is -2.30. The summed E-state index contributed by atoms with van der Waals surface area (Å²) in [7, 11) is -3.96. The monoisotopic (exact) mass is 850 g/mol. The summed E-state index contributed by atoms with van der Waals surface area (Å²) in [5.74, 6) is -3.19. The second kappa shape index (κ2) is 16.5. The summed E-state index contributed by atoms with van der Waals surface area (Å²) in [5.41, 5.74) is -1.46. The van der Waals surface area contributed by atoms with Gasteiger partial charge in [-0.15, -0.1) is 0 Å². The molecule has 2 aliphatic heterocycles. The largest absolute Gasteiger partial charge is 0.444 e. The first-order chi connectivity index (χ1) is 27.9. The molecule has 2 aliphatic carbocycles. The van der Waals surface area contributed by atoms with E-state index in [1.165, 1.54) is 33.8 Å². The molecule has 2 aromatic carbocycles. The Bertz CT molecular complexity index is 2330. The van der Waals surface area contributed by atoms with Crippen LogP contribution in [0.15, 0.2) is 71.5 Å². The van der Waals surface area contributed by atoms with Crippen molar-refractivity contribution >= 4 is 45.4 Å². The molecule has 4 aliphatic rings. The van der Waals surface area contributed by atoms with E-state index in [2.05, 4.69) is 15.4 Å². The van der Waals surface area contributed by atoms with Gasteiger partial charge in [0, 0.05) is 29.5 Å². The number of nitrogens with zero attached hydrogens (tertiary/aromatic N) is 3. The highest BCUT2D eigenvalue weighted by atomic mass is 35.5. The van der Waals surface area contributed by atoms with Crippen LogP contribution in [0.4, 0.5) is 9.18 Å². The van der Waals surface area contributed by atoms with Crippen LogP contribution in [0, 0.1) is 11.7 Å². The Hall–Kier alpha value is -5.09. The number of nitrogens with one attached hydrogen (secondary N) is 3. The number of allylic oxidation sites excluding steroid dienone is 1. The van der Waals surface area contributed by atoms with Gasteiger partial charge in [0.15, 0.2) is 0 Å². The molecule has 2 unspecified atom stereocenters. The lowest BCUT2D eigenvalue weighted by atomic mass is 10.0. The molecule has 5 atom stereocenters. The summed E-state index contributed by atoms with van der Waals surface area (Å²) in [6.45, 7) is 4.89. The van der Waals surface area contributed by atoms with Crippen LogP contribution in [-0.4, -0.2) is 81.9 Å². The molecule has 0 spiro atoms. The van der Waals surface area contributed by atoms with Gasteiger partial charge in [-0.2, -0.15) is 5.10 Å². The number of alkyl carbamates (subject to hydrolysis) is 1. The van der Waals surface area contributed by atoms with E-state index in [1.54, 1.807) is 51.1 Å². The standard InChI is InChI=1S/C42H48ClFN6O8S/c1-41(2,3)58-40(55)45-33-10-8-6-4-5-7-9-27-23-42(27,39(54)48-59(56,57)31-19-20-31)46-36(51)35-21-30(24-49(35)38(33)53)50-37(52)32(25-13-17-29(44)18-14-25)22-34(47-50)26-11-15-28(43)16-12-26/h7,9,11-18,22,27,30-31,33,35H,4-6,8,10,19-21,23-24H2,1-3H3,(H,45,55)(H,46,51)(H,48,54)/b9-7-/t27-,30?,33+,35+,42?/m1/s1. The first-order valence-corrected chi connectivity index (χ1v) is 21.9. The maximum absolute atomic E-state index is 14.7. The summed E-state index contributed by atoms with van der Waals surface area (Å²) < 4.78 is 48.8. The second-order valence-corrected chi connectivity index (χ2v) is 19.2. The summed E-state index contributed by atoms with van der Waals surface area (Å²) in [6.07, 6.45) is 6.64. The molecule has 314 valence electrons. The number of halogens is 2. The van der Waals surface area contributed by atoms with E-state index < -0.39 is 85.6 Å².